The Kier molecular flexibility index (Phi) is 14.8. The van der Waals surface area contributed by atoms with Crippen molar-refractivity contribution in [2.45, 2.75) is 26.2 Å². The highest BCUT2D eigenvalue weighted by atomic mass is 35.5. The Morgan fingerprint density at radius 1 is 0.298 bits per heavy atom. The Labute approximate surface area is 502 Å². The topological polar surface area (TPSA) is 13.0 Å². The Morgan fingerprint density at radius 2 is 0.571 bits per heavy atom. The first-order chi connectivity index (χ1) is 41.2. The van der Waals surface area contributed by atoms with Crippen LogP contribution in [0.2, 0.25) is 31.2 Å². The van der Waals surface area contributed by atoms with Gasteiger partial charge in [0.15, 0.2) is 0 Å². The molecule has 0 radical (unpaired) electrons. The van der Waals surface area contributed by atoms with E-state index >= 15 is 0 Å². The van der Waals surface area contributed by atoms with Gasteiger partial charge in [0.1, 0.15) is 16.1 Å². The van der Waals surface area contributed by atoms with Crippen LogP contribution in [0.1, 0.15) is 0 Å². The Morgan fingerprint density at radius 3 is 0.905 bits per heavy atom. The molecule has 0 aromatic heterocycles. The summed E-state index contributed by atoms with van der Waals surface area (Å²) in [5.41, 5.74) is 17.7. The number of rotatable bonds is 12. The van der Waals surface area contributed by atoms with E-state index in [0.717, 1.165) is 34.1 Å². The fraction of sp³-hybridized carbons (Fsp3) is 0.0526. The molecule has 8 heteroatoms. The first kappa shape index (κ1) is 53.9. The van der Waals surface area contributed by atoms with Gasteiger partial charge >= 0.3 is 0 Å². The van der Waals surface area contributed by atoms with Crippen LogP contribution in [-0.2, 0) is 0 Å². The van der Waals surface area contributed by atoms with Crippen LogP contribution in [0.25, 0.3) is 0 Å². The van der Waals surface area contributed by atoms with Crippen molar-refractivity contribution >= 4 is 140 Å². The molecule has 2 aliphatic rings. The number of hydrogen-bond donors (Lipinski definition) is 0. The van der Waals surface area contributed by atoms with Gasteiger partial charge in [0.25, 0.3) is 6.71 Å². The number of nitrogens with zero attached hydrogens (tertiary/aromatic N) is 4. The zero-order valence-electron chi connectivity index (χ0n) is 47.8. The van der Waals surface area contributed by atoms with Gasteiger partial charge in [-0.15, -0.1) is 0 Å². The van der Waals surface area contributed by atoms with E-state index < -0.39 is 16.1 Å². The molecule has 0 atom stereocenters. The van der Waals surface area contributed by atoms with E-state index in [9.17, 15) is 0 Å². The summed E-state index contributed by atoms with van der Waals surface area (Å²) in [5.74, 6) is 0. The normalized spacial score (nSPS) is 12.3. The van der Waals surface area contributed by atoms with Crippen molar-refractivity contribution < 1.29 is 0 Å². The minimum absolute atomic E-state index is 0.151. The molecule has 14 rings (SSSR count). The molecular weight excluding hydrogens is 1070 g/mol. The van der Waals surface area contributed by atoms with Gasteiger partial charge in [-0.3, -0.25) is 0 Å². The van der Waals surface area contributed by atoms with Gasteiger partial charge in [0.2, 0.25) is 0 Å². The van der Waals surface area contributed by atoms with Crippen LogP contribution in [0.15, 0.2) is 315 Å². The maximum Gasteiger partial charge on any atom is 0.252 e. The van der Waals surface area contributed by atoms with E-state index in [1.165, 1.54) is 71.3 Å². The third-order valence-corrected chi connectivity index (χ3v) is 24.3. The van der Waals surface area contributed by atoms with Gasteiger partial charge in [-0.25, -0.2) is 0 Å². The molecule has 2 heterocycles. The van der Waals surface area contributed by atoms with Gasteiger partial charge in [-0.1, -0.05) is 265 Å². The molecule has 0 bridgehead atoms. The molecule has 12 aromatic carbocycles. The quantitative estimate of drug-likeness (QED) is 0.113. The van der Waals surface area contributed by atoms with Crippen molar-refractivity contribution in [1.82, 2.24) is 0 Å². The average Bonchev–Trinajstić information content (AvgIpc) is 0.900. The Balaban J connectivity index is 0.000000157. The lowest BCUT2D eigenvalue weighted by Crippen LogP contribution is -2.62. The minimum Gasteiger partial charge on any atom is -0.311 e. The number of benzene rings is 12. The van der Waals surface area contributed by atoms with Crippen LogP contribution in [0.3, 0.4) is 0 Å². The fourth-order valence-corrected chi connectivity index (χ4v) is 17.4. The Bertz CT molecular complexity index is 3870. The third kappa shape index (κ3) is 10.0. The molecule has 12 aromatic rings. The van der Waals surface area contributed by atoms with Crippen LogP contribution in [0.4, 0.5) is 68.2 Å². The van der Waals surface area contributed by atoms with Gasteiger partial charge in [-0.05, 0) is 126 Å². The van der Waals surface area contributed by atoms with Gasteiger partial charge in [-0.2, -0.15) is 0 Å². The largest absolute Gasteiger partial charge is 0.311 e. The second-order valence-electron chi connectivity index (χ2n) is 22.6. The summed E-state index contributed by atoms with van der Waals surface area (Å²) in [6.07, 6.45) is 0. The number of fused-ring (bicyclic) bond motifs is 4. The average molecular weight is 1140 g/mol. The maximum atomic E-state index is 7.60. The van der Waals surface area contributed by atoms with E-state index in [2.05, 4.69) is 337 Å². The molecule has 4 nitrogen and oxygen atoms in total. The van der Waals surface area contributed by atoms with Crippen molar-refractivity contribution in [3.63, 3.8) is 0 Å². The van der Waals surface area contributed by atoms with E-state index in [1.807, 2.05) is 24.3 Å². The highest BCUT2D eigenvalue weighted by Gasteiger charge is 2.44. The number of halogens is 1. The summed E-state index contributed by atoms with van der Waals surface area (Å²) in [4.78, 5) is 9.56. The third-order valence-electron chi connectivity index (χ3n) is 16.9. The maximum absolute atomic E-state index is 7.60. The number of anilines is 12. The predicted molar refractivity (Wildman–Crippen MR) is 368 cm³/mol. The van der Waals surface area contributed by atoms with Crippen LogP contribution >= 0.6 is 11.6 Å². The van der Waals surface area contributed by atoms with Crippen LogP contribution in [-0.4, -0.2) is 22.9 Å². The van der Waals surface area contributed by atoms with E-state index in [1.54, 1.807) is 0 Å². The van der Waals surface area contributed by atoms with Gasteiger partial charge in [0, 0.05) is 56.9 Å². The summed E-state index contributed by atoms with van der Waals surface area (Å²) < 4.78 is 0. The van der Waals surface area contributed by atoms with Gasteiger partial charge in [0.05, 0.1) is 16.4 Å². The molecule has 0 saturated heterocycles. The van der Waals surface area contributed by atoms with Crippen molar-refractivity contribution in [3.05, 3.63) is 320 Å². The van der Waals surface area contributed by atoms with E-state index in [-0.39, 0.29) is 6.71 Å². The standard InChI is InChI=1S/C38H31BN2Si.C38H33ClN2Si/c1-42(2,30-20-10-5-11-21-30)31-26-36-38-37(27-31)41(29-18-8-4-9-19-29)35-25-15-13-23-33(35)39(38)32-22-12-14-24-34(32)40(36)28-16-6-3-7-17-28;1-42(2,34-26-16-7-17-27-34)35-28-36(40(30-18-8-3-9-19-30)31-20-10-4-11-21-31)38(39)37(29-35)41(32-22-12-5-13-23-32)33-24-14-6-15-25-33/h3-27H,1-2H3;3-29H,1-2H3. The van der Waals surface area contributed by atoms with E-state index in [0.29, 0.717) is 5.02 Å². The van der Waals surface area contributed by atoms with Crippen molar-refractivity contribution in [1.29, 1.82) is 0 Å². The molecular formula is C76H64BClN4Si2. The molecule has 0 spiro atoms. The van der Waals surface area contributed by atoms with Crippen LogP contribution < -0.4 is 56.7 Å². The highest BCUT2D eigenvalue weighted by Crippen LogP contribution is 2.47. The lowest BCUT2D eigenvalue weighted by molar-refractivity contribution is 1.25. The smallest absolute Gasteiger partial charge is 0.252 e. The first-order valence-electron chi connectivity index (χ1n) is 29.0. The number of para-hydroxylation sites is 8. The van der Waals surface area contributed by atoms with Crippen LogP contribution in [0, 0.1) is 0 Å². The summed E-state index contributed by atoms with van der Waals surface area (Å²) in [6.45, 7) is 9.97. The minimum atomic E-state index is -2.15. The molecule has 0 amide bonds. The SMILES string of the molecule is C[Si](C)(c1ccccc1)c1cc(N(c2ccccc2)c2ccccc2)c(Cl)c(N(c2ccccc2)c2ccccc2)c1.C[Si](C)(c1ccccc1)c1cc2c3c(c1)N(c1ccccc1)c1ccccc1B3c1ccccc1N2c1ccccc1. The Hall–Kier alpha value is -9.37. The molecule has 406 valence electrons. The summed E-state index contributed by atoms with van der Waals surface area (Å²) in [7, 11) is -4.21. The zero-order chi connectivity index (χ0) is 57.2. The first-order valence-corrected chi connectivity index (χ1v) is 35.4. The monoisotopic (exact) mass is 1130 g/mol. The highest BCUT2D eigenvalue weighted by molar-refractivity contribution is 7.02. The van der Waals surface area contributed by atoms with Crippen molar-refractivity contribution in [3.8, 4) is 0 Å². The summed E-state index contributed by atoms with van der Waals surface area (Å²) >= 11 is 7.60. The molecule has 0 unspecified atom stereocenters. The molecule has 2 aliphatic heterocycles. The lowest BCUT2D eigenvalue weighted by Gasteiger charge is -2.45. The molecule has 0 N–H and O–H groups in total. The fourth-order valence-electron chi connectivity index (χ4n) is 12.5. The summed E-state index contributed by atoms with van der Waals surface area (Å²) in [6, 6.07) is 113. The molecule has 0 aliphatic carbocycles. The zero-order valence-corrected chi connectivity index (χ0v) is 50.5. The molecule has 84 heavy (non-hydrogen) atoms. The lowest BCUT2D eigenvalue weighted by atomic mass is 9.33. The summed E-state index contributed by atoms with van der Waals surface area (Å²) in [5, 5.41) is 6.25. The molecule has 0 fully saturated rings. The van der Waals surface area contributed by atoms with Crippen molar-refractivity contribution in [2.24, 2.45) is 0 Å². The predicted octanol–water partition coefficient (Wildman–Crippen LogP) is 16.7. The second-order valence-corrected chi connectivity index (χ2v) is 31.8. The van der Waals surface area contributed by atoms with E-state index in [4.69, 9.17) is 11.6 Å². The number of hydrogen-bond acceptors (Lipinski definition) is 4. The molecule has 0 saturated carbocycles. The second kappa shape index (κ2) is 23.1. The van der Waals surface area contributed by atoms with Crippen LogP contribution in [0.5, 0.6) is 0 Å². The van der Waals surface area contributed by atoms with Gasteiger partial charge < -0.3 is 19.6 Å². The van der Waals surface area contributed by atoms with Crippen molar-refractivity contribution in [2.75, 3.05) is 19.6 Å².